The smallest absolute Gasteiger partial charge is 0.224 e. The molecule has 0 aliphatic heterocycles. The van der Waals surface area contributed by atoms with Crippen LogP contribution < -0.4 is 10.6 Å². The van der Waals surface area contributed by atoms with Crippen LogP contribution in [-0.2, 0) is 4.79 Å². The van der Waals surface area contributed by atoms with E-state index in [1.54, 1.807) is 0 Å². The van der Waals surface area contributed by atoms with Crippen LogP contribution in [0, 0.1) is 5.92 Å². The zero-order chi connectivity index (χ0) is 12.6. The molecule has 0 aromatic heterocycles. The number of aliphatic hydroxyl groups excluding tert-OH is 1. The van der Waals surface area contributed by atoms with E-state index in [-0.39, 0.29) is 18.4 Å². The summed E-state index contributed by atoms with van der Waals surface area (Å²) in [6, 6.07) is 0. The second-order valence-electron chi connectivity index (χ2n) is 4.34. The number of hydrogen-bond acceptors (Lipinski definition) is 3. The lowest BCUT2D eigenvalue weighted by Crippen LogP contribution is -2.53. The minimum atomic E-state index is -0.447. The van der Waals surface area contributed by atoms with Gasteiger partial charge in [0.25, 0.3) is 0 Å². The van der Waals surface area contributed by atoms with Crippen molar-refractivity contribution in [3.8, 4) is 0 Å². The van der Waals surface area contributed by atoms with E-state index in [1.807, 2.05) is 27.7 Å². The molecular weight excluding hydrogens is 204 g/mol. The highest BCUT2D eigenvalue weighted by Gasteiger charge is 2.28. The number of hydrogen-bond donors (Lipinski definition) is 3. The third-order valence-corrected chi connectivity index (χ3v) is 3.19. The fourth-order valence-corrected chi connectivity index (χ4v) is 1.53. The predicted octanol–water partition coefficient (Wildman–Crippen LogP) is 0.899. The topological polar surface area (TPSA) is 61.4 Å². The number of carbonyl (C=O) groups is 1. The third-order valence-electron chi connectivity index (χ3n) is 3.19. The zero-order valence-electron chi connectivity index (χ0n) is 11.0. The maximum Gasteiger partial charge on any atom is 0.224 e. The number of rotatable bonds is 8. The lowest BCUT2D eigenvalue weighted by atomic mass is 9.93. The quantitative estimate of drug-likeness (QED) is 0.580. The number of carbonyl (C=O) groups excluding carboxylic acids is 1. The van der Waals surface area contributed by atoms with Gasteiger partial charge >= 0.3 is 0 Å². The molecule has 3 N–H and O–H groups in total. The highest BCUT2D eigenvalue weighted by atomic mass is 16.3. The second-order valence-corrected chi connectivity index (χ2v) is 4.34. The Balaban J connectivity index is 4.28. The Bertz CT molecular complexity index is 195. The summed E-state index contributed by atoms with van der Waals surface area (Å²) in [6.07, 6.45) is 1.50. The summed E-state index contributed by atoms with van der Waals surface area (Å²) in [5.74, 6) is -0.0531. The zero-order valence-corrected chi connectivity index (χ0v) is 11.0. The van der Waals surface area contributed by atoms with E-state index in [2.05, 4.69) is 10.6 Å². The van der Waals surface area contributed by atoms with Crippen LogP contribution in [0.25, 0.3) is 0 Å². The highest BCUT2D eigenvalue weighted by molar-refractivity contribution is 5.79. The van der Waals surface area contributed by atoms with Crippen molar-refractivity contribution >= 4 is 5.91 Å². The molecule has 96 valence electrons. The molecule has 4 nitrogen and oxygen atoms in total. The van der Waals surface area contributed by atoms with Crippen molar-refractivity contribution in [1.29, 1.82) is 0 Å². The van der Waals surface area contributed by atoms with E-state index in [9.17, 15) is 9.90 Å². The Hall–Kier alpha value is -0.610. The van der Waals surface area contributed by atoms with Crippen LogP contribution in [0.1, 0.15) is 40.5 Å². The summed E-state index contributed by atoms with van der Waals surface area (Å²) < 4.78 is 0. The van der Waals surface area contributed by atoms with Crippen LogP contribution in [0.2, 0.25) is 0 Å². The molecule has 0 saturated heterocycles. The Morgan fingerprint density at radius 3 is 2.25 bits per heavy atom. The van der Waals surface area contributed by atoms with Crippen molar-refractivity contribution in [3.05, 3.63) is 0 Å². The van der Waals surface area contributed by atoms with Gasteiger partial charge in [-0.2, -0.15) is 0 Å². The van der Waals surface area contributed by atoms with Crippen molar-refractivity contribution in [3.63, 3.8) is 0 Å². The first-order valence-electron chi connectivity index (χ1n) is 6.18. The van der Waals surface area contributed by atoms with Gasteiger partial charge in [0.15, 0.2) is 0 Å². The third kappa shape index (κ3) is 4.49. The molecule has 0 spiro atoms. The summed E-state index contributed by atoms with van der Waals surface area (Å²) in [5.41, 5.74) is -0.447. The molecule has 0 bridgehead atoms. The molecule has 0 rings (SSSR count). The maximum atomic E-state index is 11.9. The normalized spacial score (nSPS) is 13.6. The van der Waals surface area contributed by atoms with Gasteiger partial charge in [-0.05, 0) is 19.4 Å². The average Bonchev–Trinajstić information content (AvgIpc) is 2.32. The lowest BCUT2D eigenvalue weighted by Gasteiger charge is -2.32. The Morgan fingerprint density at radius 2 is 1.88 bits per heavy atom. The molecule has 4 heteroatoms. The van der Waals surface area contributed by atoms with Crippen LogP contribution in [-0.4, -0.2) is 36.2 Å². The molecule has 1 unspecified atom stereocenters. The van der Waals surface area contributed by atoms with Crippen molar-refractivity contribution < 1.29 is 9.90 Å². The fraction of sp³-hybridized carbons (Fsp3) is 0.917. The van der Waals surface area contributed by atoms with Gasteiger partial charge in [0.05, 0.1) is 12.1 Å². The molecule has 0 fully saturated rings. The van der Waals surface area contributed by atoms with E-state index in [0.717, 1.165) is 19.4 Å². The Kier molecular flexibility index (Phi) is 7.34. The first kappa shape index (κ1) is 15.4. The van der Waals surface area contributed by atoms with Gasteiger partial charge in [0.2, 0.25) is 5.91 Å². The van der Waals surface area contributed by atoms with E-state index < -0.39 is 5.54 Å². The molecule has 0 saturated carbocycles. The standard InChI is InChI=1S/C12H26N2O2/c1-5-12(6-2,9-15)14-11(16)10(4)8-13-7-3/h10,13,15H,5-9H2,1-4H3,(H,14,16). The molecule has 0 aromatic carbocycles. The SMILES string of the molecule is CCNCC(C)C(=O)NC(CC)(CC)CO. The van der Waals surface area contributed by atoms with E-state index in [1.165, 1.54) is 0 Å². The van der Waals surface area contributed by atoms with Crippen molar-refractivity contribution in [1.82, 2.24) is 10.6 Å². The summed E-state index contributed by atoms with van der Waals surface area (Å²) in [7, 11) is 0. The number of nitrogens with one attached hydrogen (secondary N) is 2. The molecule has 1 amide bonds. The predicted molar refractivity (Wildman–Crippen MR) is 66.2 cm³/mol. The van der Waals surface area contributed by atoms with E-state index >= 15 is 0 Å². The molecule has 0 heterocycles. The molecule has 0 aliphatic carbocycles. The number of amides is 1. The summed E-state index contributed by atoms with van der Waals surface area (Å²) in [5, 5.41) is 15.5. The van der Waals surface area contributed by atoms with Gasteiger partial charge in [-0.1, -0.05) is 27.7 Å². The summed E-state index contributed by atoms with van der Waals surface area (Å²) in [4.78, 5) is 11.9. The van der Waals surface area contributed by atoms with E-state index in [0.29, 0.717) is 6.54 Å². The Labute approximate surface area is 98.8 Å². The maximum absolute atomic E-state index is 11.9. The van der Waals surface area contributed by atoms with Crippen molar-refractivity contribution in [2.45, 2.75) is 46.1 Å². The van der Waals surface area contributed by atoms with Gasteiger partial charge < -0.3 is 15.7 Å². The molecular formula is C12H26N2O2. The Morgan fingerprint density at radius 1 is 1.31 bits per heavy atom. The molecule has 0 radical (unpaired) electrons. The van der Waals surface area contributed by atoms with Gasteiger partial charge in [-0.25, -0.2) is 0 Å². The monoisotopic (exact) mass is 230 g/mol. The number of aliphatic hydroxyl groups is 1. The van der Waals surface area contributed by atoms with Gasteiger partial charge in [-0.15, -0.1) is 0 Å². The largest absolute Gasteiger partial charge is 0.394 e. The van der Waals surface area contributed by atoms with Gasteiger partial charge in [0.1, 0.15) is 0 Å². The minimum absolute atomic E-state index is 0.000331. The summed E-state index contributed by atoms with van der Waals surface area (Å²) >= 11 is 0. The van der Waals surface area contributed by atoms with Gasteiger partial charge in [0, 0.05) is 12.5 Å². The van der Waals surface area contributed by atoms with E-state index in [4.69, 9.17) is 0 Å². The van der Waals surface area contributed by atoms with Crippen molar-refractivity contribution in [2.75, 3.05) is 19.7 Å². The molecule has 0 aromatic rings. The average molecular weight is 230 g/mol. The first-order valence-corrected chi connectivity index (χ1v) is 6.18. The summed E-state index contributed by atoms with van der Waals surface area (Å²) in [6.45, 7) is 9.41. The molecule has 16 heavy (non-hydrogen) atoms. The van der Waals surface area contributed by atoms with Gasteiger partial charge in [-0.3, -0.25) is 4.79 Å². The first-order chi connectivity index (χ1) is 7.55. The molecule has 1 atom stereocenters. The van der Waals surface area contributed by atoms with Crippen LogP contribution in [0.4, 0.5) is 0 Å². The van der Waals surface area contributed by atoms with Crippen LogP contribution in [0.5, 0.6) is 0 Å². The van der Waals surface area contributed by atoms with Crippen LogP contribution in [0.3, 0.4) is 0 Å². The minimum Gasteiger partial charge on any atom is -0.394 e. The lowest BCUT2D eigenvalue weighted by molar-refractivity contribution is -0.127. The van der Waals surface area contributed by atoms with Crippen LogP contribution in [0.15, 0.2) is 0 Å². The van der Waals surface area contributed by atoms with Crippen LogP contribution >= 0.6 is 0 Å². The highest BCUT2D eigenvalue weighted by Crippen LogP contribution is 2.14. The molecule has 0 aliphatic rings. The van der Waals surface area contributed by atoms with Crippen molar-refractivity contribution in [2.24, 2.45) is 5.92 Å². The second kappa shape index (κ2) is 7.63. The fourth-order valence-electron chi connectivity index (χ4n) is 1.53.